The van der Waals surface area contributed by atoms with Crippen LogP contribution >= 0.6 is 0 Å². The molecule has 1 fully saturated rings. The Morgan fingerprint density at radius 1 is 1.32 bits per heavy atom. The number of hydrogen-bond acceptors (Lipinski definition) is 5. The topological polar surface area (TPSA) is 84.9 Å². The number of amides is 1. The molecule has 1 aliphatic rings. The van der Waals surface area contributed by atoms with Crippen molar-refractivity contribution in [2.45, 2.75) is 25.8 Å². The average molecular weight is 370 g/mol. The monoisotopic (exact) mass is 370 g/mol. The van der Waals surface area contributed by atoms with E-state index in [0.29, 0.717) is 31.7 Å². The van der Waals surface area contributed by atoms with Gasteiger partial charge in [0.2, 0.25) is 15.9 Å². The molecule has 0 bridgehead atoms. The molecule has 2 atom stereocenters. The molecule has 0 radical (unpaired) electrons. The van der Waals surface area contributed by atoms with Gasteiger partial charge in [-0.05, 0) is 44.0 Å². The Morgan fingerprint density at radius 3 is 2.56 bits per heavy atom. The largest absolute Gasteiger partial charge is 0.497 e. The van der Waals surface area contributed by atoms with Crippen LogP contribution < -0.4 is 14.8 Å². The fourth-order valence-electron chi connectivity index (χ4n) is 2.75. The summed E-state index contributed by atoms with van der Waals surface area (Å²) in [7, 11) is -1.65. The Balaban J connectivity index is 1.80. The van der Waals surface area contributed by atoms with E-state index in [2.05, 4.69) is 5.32 Å². The molecule has 8 heteroatoms. The summed E-state index contributed by atoms with van der Waals surface area (Å²) in [5, 5.41) is 2.90. The van der Waals surface area contributed by atoms with Crippen LogP contribution in [-0.4, -0.2) is 57.7 Å². The Kier molecular flexibility index (Phi) is 6.66. The number of methoxy groups -OCH3 is 1. The fraction of sp³-hybridized carbons (Fsp3) is 0.588. The highest BCUT2D eigenvalue weighted by Crippen LogP contribution is 2.19. The Bertz CT molecular complexity index is 675. The predicted molar refractivity (Wildman–Crippen MR) is 95.2 cm³/mol. The van der Waals surface area contributed by atoms with Crippen LogP contribution in [-0.2, 0) is 14.8 Å². The van der Waals surface area contributed by atoms with Gasteiger partial charge in [0.1, 0.15) is 18.1 Å². The molecule has 1 amide bonds. The SMILES string of the molecule is COc1ccc(OC[C@H](C)NC(=O)[C@@H]2CCCN(S(C)(=O)=O)C2)cc1. The highest BCUT2D eigenvalue weighted by atomic mass is 32.2. The lowest BCUT2D eigenvalue weighted by Gasteiger charge is -2.30. The first-order valence-electron chi connectivity index (χ1n) is 8.32. The molecule has 0 spiro atoms. The number of piperidine rings is 1. The molecular formula is C17H26N2O5S. The number of nitrogens with zero attached hydrogens (tertiary/aromatic N) is 1. The van der Waals surface area contributed by atoms with Gasteiger partial charge in [-0.15, -0.1) is 0 Å². The normalized spacial score (nSPS) is 19.9. The molecule has 0 aliphatic carbocycles. The first-order chi connectivity index (χ1) is 11.8. The van der Waals surface area contributed by atoms with Gasteiger partial charge in [0.25, 0.3) is 0 Å². The first kappa shape index (κ1) is 19.5. The quantitative estimate of drug-likeness (QED) is 0.781. The molecule has 0 unspecified atom stereocenters. The maximum atomic E-state index is 12.4. The van der Waals surface area contributed by atoms with Crippen molar-refractivity contribution in [1.29, 1.82) is 0 Å². The number of hydrogen-bond donors (Lipinski definition) is 1. The van der Waals surface area contributed by atoms with E-state index in [4.69, 9.17) is 9.47 Å². The number of sulfonamides is 1. The van der Waals surface area contributed by atoms with Crippen molar-refractivity contribution in [3.63, 3.8) is 0 Å². The molecule has 140 valence electrons. The van der Waals surface area contributed by atoms with E-state index in [0.717, 1.165) is 5.75 Å². The number of nitrogens with one attached hydrogen (secondary N) is 1. The lowest BCUT2D eigenvalue weighted by atomic mass is 9.98. The summed E-state index contributed by atoms with van der Waals surface area (Å²) in [6.45, 7) is 2.93. The number of rotatable bonds is 7. The zero-order valence-corrected chi connectivity index (χ0v) is 15.7. The van der Waals surface area contributed by atoms with E-state index < -0.39 is 10.0 Å². The van der Waals surface area contributed by atoms with Crippen LogP contribution in [0.5, 0.6) is 11.5 Å². The van der Waals surface area contributed by atoms with Crippen molar-refractivity contribution in [2.24, 2.45) is 5.92 Å². The summed E-state index contributed by atoms with van der Waals surface area (Å²) >= 11 is 0. The van der Waals surface area contributed by atoms with Crippen LogP contribution in [0.3, 0.4) is 0 Å². The fourth-order valence-corrected chi connectivity index (χ4v) is 3.66. The summed E-state index contributed by atoms with van der Waals surface area (Å²) in [6.07, 6.45) is 2.57. The Morgan fingerprint density at radius 2 is 1.96 bits per heavy atom. The summed E-state index contributed by atoms with van der Waals surface area (Å²) in [6, 6.07) is 7.04. The third kappa shape index (κ3) is 5.89. The van der Waals surface area contributed by atoms with Crippen LogP contribution in [0, 0.1) is 5.92 Å². The lowest BCUT2D eigenvalue weighted by molar-refractivity contribution is -0.126. The zero-order valence-electron chi connectivity index (χ0n) is 14.9. The summed E-state index contributed by atoms with van der Waals surface area (Å²) in [4.78, 5) is 12.4. The molecule has 25 heavy (non-hydrogen) atoms. The van der Waals surface area contributed by atoms with E-state index in [9.17, 15) is 13.2 Å². The van der Waals surface area contributed by atoms with Crippen LogP contribution in [0.1, 0.15) is 19.8 Å². The first-order valence-corrected chi connectivity index (χ1v) is 10.2. The van der Waals surface area contributed by atoms with Crippen molar-refractivity contribution < 1.29 is 22.7 Å². The van der Waals surface area contributed by atoms with E-state index in [1.807, 2.05) is 6.92 Å². The second kappa shape index (κ2) is 8.53. The molecule has 1 saturated heterocycles. The third-order valence-corrected chi connectivity index (χ3v) is 5.44. The Hall–Kier alpha value is -1.80. The molecule has 7 nitrogen and oxygen atoms in total. The standard InChI is InChI=1S/C17H26N2O5S/c1-13(12-24-16-8-6-15(23-2)7-9-16)18-17(20)14-5-4-10-19(11-14)25(3,21)22/h6-9,13-14H,4-5,10-12H2,1-3H3,(H,18,20)/t13-,14+/m0/s1. The van der Waals surface area contributed by atoms with Crippen LogP contribution in [0.4, 0.5) is 0 Å². The highest BCUT2D eigenvalue weighted by Gasteiger charge is 2.30. The van der Waals surface area contributed by atoms with Crippen LogP contribution in [0.2, 0.25) is 0 Å². The van der Waals surface area contributed by atoms with Crippen molar-refractivity contribution in [3.8, 4) is 11.5 Å². The molecular weight excluding hydrogens is 344 g/mol. The van der Waals surface area contributed by atoms with E-state index in [-0.39, 0.29) is 24.4 Å². The average Bonchev–Trinajstić information content (AvgIpc) is 2.59. The van der Waals surface area contributed by atoms with Crippen LogP contribution in [0.15, 0.2) is 24.3 Å². The third-order valence-electron chi connectivity index (χ3n) is 4.17. The second-order valence-corrected chi connectivity index (χ2v) is 8.34. The predicted octanol–water partition coefficient (Wildman–Crippen LogP) is 1.25. The van der Waals surface area contributed by atoms with Crippen molar-refractivity contribution in [3.05, 3.63) is 24.3 Å². The van der Waals surface area contributed by atoms with Gasteiger partial charge in [0.15, 0.2) is 0 Å². The van der Waals surface area contributed by atoms with Crippen molar-refractivity contribution >= 4 is 15.9 Å². The molecule has 1 heterocycles. The smallest absolute Gasteiger partial charge is 0.224 e. The summed E-state index contributed by atoms with van der Waals surface area (Å²) in [5.74, 6) is 1.01. The minimum absolute atomic E-state index is 0.126. The minimum atomic E-state index is -3.25. The molecule has 1 aliphatic heterocycles. The second-order valence-electron chi connectivity index (χ2n) is 6.36. The summed E-state index contributed by atoms with van der Waals surface area (Å²) in [5.41, 5.74) is 0. The summed E-state index contributed by atoms with van der Waals surface area (Å²) < 4.78 is 35.4. The van der Waals surface area contributed by atoms with Crippen molar-refractivity contribution in [2.75, 3.05) is 33.1 Å². The molecule has 2 rings (SSSR count). The molecule has 0 saturated carbocycles. The van der Waals surface area contributed by atoms with Gasteiger partial charge in [-0.1, -0.05) is 0 Å². The zero-order chi connectivity index (χ0) is 18.4. The van der Waals surface area contributed by atoms with Gasteiger partial charge >= 0.3 is 0 Å². The van der Waals surface area contributed by atoms with Crippen molar-refractivity contribution in [1.82, 2.24) is 9.62 Å². The van der Waals surface area contributed by atoms with Gasteiger partial charge in [0.05, 0.1) is 25.3 Å². The number of benzene rings is 1. The van der Waals surface area contributed by atoms with Crippen LogP contribution in [0.25, 0.3) is 0 Å². The molecule has 1 aromatic rings. The molecule has 0 aromatic heterocycles. The highest BCUT2D eigenvalue weighted by molar-refractivity contribution is 7.88. The van der Waals surface area contributed by atoms with Gasteiger partial charge < -0.3 is 14.8 Å². The van der Waals surface area contributed by atoms with Gasteiger partial charge in [-0.25, -0.2) is 12.7 Å². The minimum Gasteiger partial charge on any atom is -0.497 e. The van der Waals surface area contributed by atoms with Gasteiger partial charge in [-0.2, -0.15) is 0 Å². The van der Waals surface area contributed by atoms with E-state index >= 15 is 0 Å². The molecule has 1 aromatic carbocycles. The van der Waals surface area contributed by atoms with E-state index in [1.54, 1.807) is 31.4 Å². The van der Waals surface area contributed by atoms with E-state index in [1.165, 1.54) is 10.6 Å². The number of carbonyl (C=O) groups is 1. The maximum absolute atomic E-state index is 12.4. The maximum Gasteiger partial charge on any atom is 0.224 e. The van der Waals surface area contributed by atoms with Gasteiger partial charge in [-0.3, -0.25) is 4.79 Å². The van der Waals surface area contributed by atoms with Gasteiger partial charge in [0, 0.05) is 13.1 Å². The molecule has 1 N–H and O–H groups in total. The lowest BCUT2D eigenvalue weighted by Crippen LogP contribution is -2.47. The number of carbonyl (C=O) groups excluding carboxylic acids is 1. The number of ether oxygens (including phenoxy) is 2. The Labute approximate surface area is 149 Å².